The van der Waals surface area contributed by atoms with Gasteiger partial charge in [0.15, 0.2) is 0 Å². The number of rotatable bonds is 6. The second-order valence-electron chi connectivity index (χ2n) is 9.98. The lowest BCUT2D eigenvalue weighted by molar-refractivity contribution is 1.50. The van der Waals surface area contributed by atoms with E-state index < -0.39 is 15.2 Å². The highest BCUT2D eigenvalue weighted by Gasteiger charge is 2.45. The number of hydrogen-bond donors (Lipinski definition) is 0. The van der Waals surface area contributed by atoms with Crippen molar-refractivity contribution in [2.24, 2.45) is 0 Å². The molecule has 0 heterocycles. The summed E-state index contributed by atoms with van der Waals surface area (Å²) in [5.74, 6) is 0. The van der Waals surface area contributed by atoms with E-state index in [2.05, 4.69) is 156 Å². The molecule has 0 aromatic heterocycles. The quantitative estimate of drug-likeness (QED) is 0.223. The Labute approximate surface area is 224 Å². The first-order valence-corrected chi connectivity index (χ1v) is 16.5. The molecule has 0 unspecified atom stereocenters. The Morgan fingerprint density at radius 1 is 0.378 bits per heavy atom. The van der Waals surface area contributed by atoms with Crippen LogP contribution >= 0.6 is 15.2 Å². The highest BCUT2D eigenvalue weighted by molar-refractivity contribution is 7.97. The summed E-state index contributed by atoms with van der Waals surface area (Å²) in [4.78, 5) is 0. The van der Waals surface area contributed by atoms with Crippen molar-refractivity contribution in [1.29, 1.82) is 0 Å². The van der Waals surface area contributed by atoms with Gasteiger partial charge in [-0.3, -0.25) is 0 Å². The Hall–Kier alpha value is -3.04. The molecule has 184 valence electrons. The van der Waals surface area contributed by atoms with Crippen LogP contribution < -0.4 is 31.8 Å². The third-order valence-electron chi connectivity index (χ3n) is 7.51. The molecule has 0 saturated carbocycles. The lowest BCUT2D eigenvalue weighted by Gasteiger charge is -2.31. The van der Waals surface area contributed by atoms with E-state index in [1.807, 2.05) is 0 Å². The summed E-state index contributed by atoms with van der Waals surface area (Å²) >= 11 is 0. The fraction of sp³-hybridized carbons (Fsp3) is 0.143. The molecule has 5 aromatic rings. The minimum absolute atomic E-state index is 0.745. The summed E-state index contributed by atoms with van der Waals surface area (Å²) in [7, 11) is -2.69. The predicted molar refractivity (Wildman–Crippen MR) is 169 cm³/mol. The monoisotopic (exact) mass is 517 g/mol. The average molecular weight is 518 g/mol. The van der Waals surface area contributed by atoms with Gasteiger partial charge >= 0.3 is 0 Å². The van der Waals surface area contributed by atoms with Gasteiger partial charge in [0.25, 0.3) is 0 Å². The van der Waals surface area contributed by atoms with E-state index in [1.165, 1.54) is 54.1 Å². The zero-order chi connectivity index (χ0) is 26.0. The first-order valence-electron chi connectivity index (χ1n) is 12.9. The van der Waals surface area contributed by atoms with Crippen LogP contribution in [-0.4, -0.2) is 6.66 Å². The zero-order valence-electron chi connectivity index (χ0n) is 22.4. The Kier molecular flexibility index (Phi) is 7.44. The number of aryl methyl sites for hydroxylation is 4. The van der Waals surface area contributed by atoms with Crippen molar-refractivity contribution in [3.8, 4) is 0 Å². The SMILES string of the molecule is Cc1ccccc1P(c1ccccc1C)c1ccccc1[P+](C)(c1ccccc1C)c1ccccc1C. The molecule has 0 amide bonds. The van der Waals surface area contributed by atoms with Crippen LogP contribution in [-0.2, 0) is 0 Å². The maximum Gasteiger partial charge on any atom is 0.112 e. The summed E-state index contributed by atoms with van der Waals surface area (Å²) in [6.07, 6.45) is 0. The van der Waals surface area contributed by atoms with Gasteiger partial charge in [-0.2, -0.15) is 0 Å². The summed E-state index contributed by atoms with van der Waals surface area (Å²) in [6.45, 7) is 11.6. The van der Waals surface area contributed by atoms with Crippen LogP contribution in [0.15, 0.2) is 121 Å². The van der Waals surface area contributed by atoms with Crippen LogP contribution in [0.5, 0.6) is 0 Å². The van der Waals surface area contributed by atoms with Gasteiger partial charge < -0.3 is 0 Å². The van der Waals surface area contributed by atoms with Gasteiger partial charge in [0, 0.05) is 5.30 Å². The molecule has 5 rings (SSSR count). The zero-order valence-corrected chi connectivity index (χ0v) is 24.2. The highest BCUT2D eigenvalue weighted by atomic mass is 31.2. The molecular formula is C35H35P2+. The average Bonchev–Trinajstić information content (AvgIpc) is 2.91. The second kappa shape index (κ2) is 10.8. The molecule has 0 radical (unpaired) electrons. The van der Waals surface area contributed by atoms with Gasteiger partial charge in [0.05, 0.1) is 6.66 Å². The van der Waals surface area contributed by atoms with E-state index in [0.717, 1.165) is 0 Å². The van der Waals surface area contributed by atoms with E-state index in [9.17, 15) is 0 Å². The minimum atomic E-state index is -1.95. The van der Waals surface area contributed by atoms with E-state index in [-0.39, 0.29) is 0 Å². The van der Waals surface area contributed by atoms with E-state index in [1.54, 1.807) is 0 Å². The largest absolute Gasteiger partial charge is 0.112 e. The molecule has 0 saturated heterocycles. The lowest BCUT2D eigenvalue weighted by atomic mass is 10.2. The first kappa shape index (κ1) is 25.6. The minimum Gasteiger partial charge on any atom is -0.0620 e. The molecule has 37 heavy (non-hydrogen) atoms. The normalized spacial score (nSPS) is 11.6. The van der Waals surface area contributed by atoms with Crippen molar-refractivity contribution in [2.75, 3.05) is 6.66 Å². The summed E-state index contributed by atoms with van der Waals surface area (Å²) in [5, 5.41) is 8.81. The molecule has 0 aliphatic heterocycles. The number of benzene rings is 5. The molecule has 0 aliphatic carbocycles. The predicted octanol–water partition coefficient (Wildman–Crippen LogP) is 6.60. The molecule has 0 N–H and O–H groups in total. The van der Waals surface area contributed by atoms with Crippen LogP contribution in [0.2, 0.25) is 0 Å². The Morgan fingerprint density at radius 3 is 1.11 bits per heavy atom. The topological polar surface area (TPSA) is 0 Å². The van der Waals surface area contributed by atoms with Crippen LogP contribution in [0.3, 0.4) is 0 Å². The van der Waals surface area contributed by atoms with Crippen LogP contribution in [0.1, 0.15) is 22.3 Å². The van der Waals surface area contributed by atoms with Gasteiger partial charge in [-0.15, -0.1) is 0 Å². The van der Waals surface area contributed by atoms with Gasteiger partial charge in [-0.1, -0.05) is 97.1 Å². The maximum atomic E-state index is 2.54. The second-order valence-corrected chi connectivity index (χ2v) is 15.6. The van der Waals surface area contributed by atoms with Crippen molar-refractivity contribution in [3.63, 3.8) is 0 Å². The standard InChI is InChI=1S/C35H35P2/c1-26-16-6-10-20-30(26)36(31-21-11-7-17-27(31)2)32-22-12-15-25-35(32)37(5,33-23-13-8-18-28(33)3)34-24-14-9-19-29(34)4/h6-25H,1-5H3/q+1. The molecule has 5 aromatic carbocycles. The smallest absolute Gasteiger partial charge is 0.0620 e. The third-order valence-corrected chi connectivity index (χ3v) is 14.8. The fourth-order valence-corrected chi connectivity index (χ4v) is 13.1. The van der Waals surface area contributed by atoms with E-state index in [4.69, 9.17) is 0 Å². The third kappa shape index (κ3) is 4.70. The van der Waals surface area contributed by atoms with Crippen molar-refractivity contribution in [1.82, 2.24) is 0 Å². The molecule has 0 aliphatic rings. The van der Waals surface area contributed by atoms with Crippen LogP contribution in [0, 0.1) is 27.7 Å². The Balaban J connectivity index is 1.88. The molecular weight excluding hydrogens is 482 g/mol. The van der Waals surface area contributed by atoms with Crippen LogP contribution in [0.4, 0.5) is 0 Å². The van der Waals surface area contributed by atoms with Crippen molar-refractivity contribution in [3.05, 3.63) is 144 Å². The number of hydrogen-bond acceptors (Lipinski definition) is 0. The maximum absolute atomic E-state index is 2.54. The van der Waals surface area contributed by atoms with E-state index >= 15 is 0 Å². The fourth-order valence-electron chi connectivity index (χ4n) is 5.57. The highest BCUT2D eigenvalue weighted by Crippen LogP contribution is 2.54. The summed E-state index contributed by atoms with van der Waals surface area (Å²) in [5.41, 5.74) is 5.46. The van der Waals surface area contributed by atoms with Crippen molar-refractivity contribution in [2.45, 2.75) is 27.7 Å². The Morgan fingerprint density at radius 2 is 0.703 bits per heavy atom. The van der Waals surface area contributed by atoms with E-state index in [0.29, 0.717) is 0 Å². The van der Waals surface area contributed by atoms with Crippen molar-refractivity contribution < 1.29 is 0 Å². The Bertz CT molecular complexity index is 1460. The van der Waals surface area contributed by atoms with Gasteiger partial charge in [-0.05, 0) is 92.7 Å². The van der Waals surface area contributed by atoms with Crippen molar-refractivity contribution >= 4 is 47.0 Å². The summed E-state index contributed by atoms with van der Waals surface area (Å²) in [6, 6.07) is 45.3. The lowest BCUT2D eigenvalue weighted by Crippen LogP contribution is -2.41. The molecule has 2 heteroatoms. The van der Waals surface area contributed by atoms with Crippen LogP contribution in [0.25, 0.3) is 0 Å². The first-order chi connectivity index (χ1) is 17.9. The molecule has 0 spiro atoms. The van der Waals surface area contributed by atoms with Gasteiger partial charge in [0.2, 0.25) is 0 Å². The van der Waals surface area contributed by atoms with Gasteiger partial charge in [-0.25, -0.2) is 0 Å². The molecule has 0 bridgehead atoms. The molecule has 0 nitrogen and oxygen atoms in total. The molecule has 0 atom stereocenters. The summed E-state index contributed by atoms with van der Waals surface area (Å²) < 4.78 is 0. The van der Waals surface area contributed by atoms with Gasteiger partial charge in [0.1, 0.15) is 23.2 Å². The molecule has 0 fully saturated rings.